The average molecular weight is 444 g/mol. The molecular formula is C28H26FNO3. The number of furan rings is 1. The summed E-state index contributed by atoms with van der Waals surface area (Å²) in [5.74, 6) is 0.137. The molecule has 0 aliphatic carbocycles. The monoisotopic (exact) mass is 443 g/mol. The van der Waals surface area contributed by atoms with Crippen molar-refractivity contribution < 1.29 is 18.3 Å². The van der Waals surface area contributed by atoms with Crippen molar-refractivity contribution in [2.45, 2.75) is 27.3 Å². The molecule has 0 saturated heterocycles. The maximum atomic E-state index is 13.1. The van der Waals surface area contributed by atoms with E-state index in [1.54, 1.807) is 31.6 Å². The van der Waals surface area contributed by atoms with E-state index in [1.807, 2.05) is 19.9 Å². The van der Waals surface area contributed by atoms with Crippen LogP contribution in [-0.2, 0) is 11.3 Å². The molecule has 1 heterocycles. The summed E-state index contributed by atoms with van der Waals surface area (Å²) in [5.41, 5.74) is 7.31. The highest BCUT2D eigenvalue weighted by atomic mass is 19.1. The highest BCUT2D eigenvalue weighted by Gasteiger charge is 2.18. The molecule has 3 aromatic carbocycles. The Balaban J connectivity index is 1.67. The number of ether oxygens (including phenoxy) is 1. The molecule has 0 spiro atoms. The van der Waals surface area contributed by atoms with Crippen LogP contribution in [0, 0.1) is 19.7 Å². The summed E-state index contributed by atoms with van der Waals surface area (Å²) >= 11 is 0. The molecule has 0 aliphatic rings. The second kappa shape index (κ2) is 9.33. The van der Waals surface area contributed by atoms with Gasteiger partial charge in [-0.25, -0.2) is 4.39 Å². The molecule has 0 bridgehead atoms. The maximum absolute atomic E-state index is 13.1. The topological polar surface area (TPSA) is 51.5 Å². The van der Waals surface area contributed by atoms with Gasteiger partial charge >= 0.3 is 0 Å². The van der Waals surface area contributed by atoms with Crippen molar-refractivity contribution in [3.8, 4) is 16.9 Å². The summed E-state index contributed by atoms with van der Waals surface area (Å²) in [6.07, 6.45) is 3.32. The van der Waals surface area contributed by atoms with Crippen LogP contribution < -0.4 is 10.1 Å². The molecule has 0 fully saturated rings. The highest BCUT2D eigenvalue weighted by Crippen LogP contribution is 2.40. The summed E-state index contributed by atoms with van der Waals surface area (Å²) in [6.45, 7) is 6.21. The Labute approximate surface area is 192 Å². The Hall–Kier alpha value is -3.86. The molecule has 0 saturated carbocycles. The number of nitrogens with one attached hydrogen (secondary N) is 1. The van der Waals surface area contributed by atoms with E-state index in [9.17, 15) is 9.18 Å². The highest BCUT2D eigenvalue weighted by molar-refractivity contribution is 6.01. The van der Waals surface area contributed by atoms with E-state index in [0.29, 0.717) is 12.3 Å². The Kier molecular flexibility index (Phi) is 6.31. The Bertz CT molecular complexity index is 1330. The van der Waals surface area contributed by atoms with Crippen molar-refractivity contribution in [1.82, 2.24) is 5.32 Å². The minimum Gasteiger partial charge on any atom is -0.496 e. The van der Waals surface area contributed by atoms with Gasteiger partial charge in [-0.05, 0) is 55.7 Å². The largest absolute Gasteiger partial charge is 0.496 e. The SMILES string of the molecule is COc1c(/C(C)=C/C(=O)NCc2ccc(F)cc2)cc2c(-c3ccc(C)cc3)coc2c1C. The van der Waals surface area contributed by atoms with Gasteiger partial charge in [0.25, 0.3) is 0 Å². The predicted octanol–water partition coefficient (Wildman–Crippen LogP) is 6.58. The first-order valence-corrected chi connectivity index (χ1v) is 10.7. The number of carbonyl (C=O) groups excluding carboxylic acids is 1. The van der Waals surface area contributed by atoms with Gasteiger partial charge in [-0.1, -0.05) is 42.0 Å². The van der Waals surface area contributed by atoms with Gasteiger partial charge in [0, 0.05) is 34.7 Å². The zero-order chi connectivity index (χ0) is 23.5. The van der Waals surface area contributed by atoms with Crippen molar-refractivity contribution in [2.75, 3.05) is 7.11 Å². The summed E-state index contributed by atoms with van der Waals surface area (Å²) < 4.78 is 24.7. The lowest BCUT2D eigenvalue weighted by Crippen LogP contribution is -2.20. The number of amides is 1. The van der Waals surface area contributed by atoms with E-state index in [0.717, 1.165) is 44.4 Å². The van der Waals surface area contributed by atoms with E-state index >= 15 is 0 Å². The van der Waals surface area contributed by atoms with E-state index < -0.39 is 0 Å². The molecule has 4 aromatic rings. The van der Waals surface area contributed by atoms with Crippen molar-refractivity contribution in [3.63, 3.8) is 0 Å². The third-order valence-electron chi connectivity index (χ3n) is 5.76. The Morgan fingerprint density at radius 1 is 1.09 bits per heavy atom. The first-order chi connectivity index (χ1) is 15.9. The van der Waals surface area contributed by atoms with Gasteiger partial charge in [0.05, 0.1) is 13.4 Å². The zero-order valence-electron chi connectivity index (χ0n) is 19.2. The fourth-order valence-corrected chi connectivity index (χ4v) is 3.95. The van der Waals surface area contributed by atoms with E-state index in [1.165, 1.54) is 17.7 Å². The number of rotatable bonds is 6. The number of allylic oxidation sites excluding steroid dienone is 1. The van der Waals surface area contributed by atoms with Crippen molar-refractivity contribution >= 4 is 22.4 Å². The minimum absolute atomic E-state index is 0.234. The van der Waals surface area contributed by atoms with Crippen LogP contribution in [0.3, 0.4) is 0 Å². The Morgan fingerprint density at radius 2 is 1.79 bits per heavy atom. The molecule has 1 N–H and O–H groups in total. The zero-order valence-corrected chi connectivity index (χ0v) is 19.2. The quantitative estimate of drug-likeness (QED) is 0.342. The number of aryl methyl sites for hydroxylation is 2. The van der Waals surface area contributed by atoms with Crippen molar-refractivity contribution in [3.05, 3.63) is 95.0 Å². The van der Waals surface area contributed by atoms with Crippen LogP contribution in [0.15, 0.2) is 71.4 Å². The second-order valence-corrected chi connectivity index (χ2v) is 8.15. The van der Waals surface area contributed by atoms with Gasteiger partial charge in [-0.15, -0.1) is 0 Å². The van der Waals surface area contributed by atoms with Gasteiger partial charge in [-0.2, -0.15) is 0 Å². The summed E-state index contributed by atoms with van der Waals surface area (Å²) in [7, 11) is 1.61. The van der Waals surface area contributed by atoms with Crippen LogP contribution in [0.5, 0.6) is 5.75 Å². The second-order valence-electron chi connectivity index (χ2n) is 8.15. The van der Waals surface area contributed by atoms with Crippen LogP contribution in [0.1, 0.15) is 29.2 Å². The molecule has 33 heavy (non-hydrogen) atoms. The van der Waals surface area contributed by atoms with Gasteiger partial charge in [0.2, 0.25) is 5.91 Å². The molecule has 5 heteroatoms. The van der Waals surface area contributed by atoms with E-state index in [2.05, 4.69) is 36.5 Å². The first-order valence-electron chi connectivity index (χ1n) is 10.7. The Morgan fingerprint density at radius 3 is 2.45 bits per heavy atom. The molecule has 168 valence electrons. The predicted molar refractivity (Wildman–Crippen MR) is 130 cm³/mol. The molecule has 4 rings (SSSR count). The van der Waals surface area contributed by atoms with E-state index in [-0.39, 0.29) is 11.7 Å². The van der Waals surface area contributed by atoms with Gasteiger partial charge in [0.15, 0.2) is 0 Å². The number of hydrogen-bond acceptors (Lipinski definition) is 3. The van der Waals surface area contributed by atoms with Gasteiger partial charge in [0.1, 0.15) is 17.1 Å². The fourth-order valence-electron chi connectivity index (χ4n) is 3.95. The third kappa shape index (κ3) is 4.67. The summed E-state index contributed by atoms with van der Waals surface area (Å²) in [5, 5.41) is 3.81. The fraction of sp³-hybridized carbons (Fsp3) is 0.179. The normalized spacial score (nSPS) is 11.6. The molecular weight excluding hydrogens is 417 g/mol. The van der Waals surface area contributed by atoms with Crippen LogP contribution in [0.4, 0.5) is 4.39 Å². The van der Waals surface area contributed by atoms with Gasteiger partial charge < -0.3 is 14.5 Å². The standard InChI is InChI=1S/C28H26FNO3/c1-17-5-9-21(10-6-17)25-16-33-28-19(3)27(32-4)23(14-24(25)28)18(2)13-26(31)30-15-20-7-11-22(29)12-8-20/h5-14,16H,15H2,1-4H3,(H,30,31)/b18-13+. The van der Waals surface area contributed by atoms with Crippen LogP contribution in [0.25, 0.3) is 27.7 Å². The molecule has 1 amide bonds. The minimum atomic E-state index is -0.303. The van der Waals surface area contributed by atoms with Crippen molar-refractivity contribution in [2.24, 2.45) is 0 Å². The molecule has 0 atom stereocenters. The summed E-state index contributed by atoms with van der Waals surface area (Å²) in [6, 6.07) is 16.4. The number of methoxy groups -OCH3 is 1. The van der Waals surface area contributed by atoms with Gasteiger partial charge in [-0.3, -0.25) is 4.79 Å². The lowest BCUT2D eigenvalue weighted by Gasteiger charge is -2.13. The summed E-state index contributed by atoms with van der Waals surface area (Å²) in [4.78, 5) is 12.6. The van der Waals surface area contributed by atoms with Crippen LogP contribution >= 0.6 is 0 Å². The number of halogens is 1. The molecule has 1 aromatic heterocycles. The molecule has 0 radical (unpaired) electrons. The van der Waals surface area contributed by atoms with Crippen LogP contribution in [0.2, 0.25) is 0 Å². The average Bonchev–Trinajstić information content (AvgIpc) is 3.23. The first kappa shape index (κ1) is 22.3. The molecule has 0 unspecified atom stereocenters. The maximum Gasteiger partial charge on any atom is 0.244 e. The smallest absolute Gasteiger partial charge is 0.244 e. The number of carbonyl (C=O) groups is 1. The number of hydrogen-bond donors (Lipinski definition) is 1. The number of fused-ring (bicyclic) bond motifs is 1. The molecule has 4 nitrogen and oxygen atoms in total. The lowest BCUT2D eigenvalue weighted by molar-refractivity contribution is -0.116. The lowest BCUT2D eigenvalue weighted by atomic mass is 9.96. The third-order valence-corrected chi connectivity index (χ3v) is 5.76. The van der Waals surface area contributed by atoms with E-state index in [4.69, 9.17) is 9.15 Å². The number of benzene rings is 3. The van der Waals surface area contributed by atoms with Crippen LogP contribution in [-0.4, -0.2) is 13.0 Å². The molecule has 0 aliphatic heterocycles. The van der Waals surface area contributed by atoms with Crippen molar-refractivity contribution in [1.29, 1.82) is 0 Å².